The summed E-state index contributed by atoms with van der Waals surface area (Å²) in [7, 11) is -4.15. The number of amides is 2. The van der Waals surface area contributed by atoms with Gasteiger partial charge in [0.15, 0.2) is 0 Å². The number of rotatable bonds is 5. The van der Waals surface area contributed by atoms with Crippen LogP contribution in [0.2, 0.25) is 0 Å². The van der Waals surface area contributed by atoms with E-state index in [1.54, 1.807) is 34.6 Å². The first-order valence-electron chi connectivity index (χ1n) is 11.3. The van der Waals surface area contributed by atoms with Gasteiger partial charge in [-0.25, -0.2) is 13.3 Å². The topological polar surface area (TPSA) is 101 Å². The smallest absolute Gasteiger partial charge is 0.308 e. The maximum Gasteiger partial charge on any atom is 0.308 e. The summed E-state index contributed by atoms with van der Waals surface area (Å²) in [5.41, 5.74) is 2.22. The van der Waals surface area contributed by atoms with E-state index in [1.807, 2.05) is 19.9 Å². The second kappa shape index (κ2) is 9.20. The van der Waals surface area contributed by atoms with Gasteiger partial charge in [0.1, 0.15) is 11.8 Å². The molecular weight excluding hydrogens is 468 g/mol. The zero-order valence-corrected chi connectivity index (χ0v) is 22.2. The zero-order valence-electron chi connectivity index (χ0n) is 21.4. The van der Waals surface area contributed by atoms with Crippen molar-refractivity contribution in [2.45, 2.75) is 78.3 Å². The fourth-order valence-corrected chi connectivity index (χ4v) is 7.07. The molecule has 2 aromatic rings. The van der Waals surface area contributed by atoms with E-state index in [4.69, 9.17) is 4.74 Å². The van der Waals surface area contributed by atoms with Gasteiger partial charge >= 0.3 is 5.97 Å². The Hall–Kier alpha value is -3.04. The molecule has 0 aliphatic carbocycles. The Kier molecular flexibility index (Phi) is 6.98. The predicted molar refractivity (Wildman–Crippen MR) is 133 cm³/mol. The fraction of sp³-hybridized carbons (Fsp3) is 0.423. The summed E-state index contributed by atoms with van der Waals surface area (Å²) < 4.78 is 34.5. The number of hydrogen-bond donors (Lipinski definition) is 0. The Morgan fingerprint density at radius 2 is 1.51 bits per heavy atom. The van der Waals surface area contributed by atoms with Crippen LogP contribution in [0.3, 0.4) is 0 Å². The summed E-state index contributed by atoms with van der Waals surface area (Å²) in [5, 5.41) is 0. The van der Waals surface area contributed by atoms with Crippen LogP contribution in [-0.4, -0.2) is 42.1 Å². The molecule has 1 fully saturated rings. The van der Waals surface area contributed by atoms with Crippen molar-refractivity contribution in [3.05, 3.63) is 52.6 Å². The van der Waals surface area contributed by atoms with Crippen molar-refractivity contribution in [1.29, 1.82) is 0 Å². The van der Waals surface area contributed by atoms with E-state index in [-0.39, 0.29) is 22.8 Å². The predicted octanol–water partition coefficient (Wildman–Crippen LogP) is 3.97. The number of aryl methyl sites for hydroxylation is 2. The molecule has 2 amide bonds. The van der Waals surface area contributed by atoms with Crippen molar-refractivity contribution in [2.75, 3.05) is 4.90 Å². The molecule has 0 saturated carbocycles. The Balaban J connectivity index is 2.08. The van der Waals surface area contributed by atoms with Crippen LogP contribution in [-0.2, 0) is 24.4 Å². The molecule has 1 aliphatic heterocycles. The van der Waals surface area contributed by atoms with Crippen LogP contribution in [0, 0.1) is 27.7 Å². The van der Waals surface area contributed by atoms with Crippen LogP contribution < -0.4 is 9.64 Å². The first-order valence-corrected chi connectivity index (χ1v) is 12.8. The number of sulfonamides is 1. The Labute approximate surface area is 206 Å². The van der Waals surface area contributed by atoms with E-state index in [0.29, 0.717) is 11.1 Å². The van der Waals surface area contributed by atoms with Gasteiger partial charge in [0.2, 0.25) is 15.9 Å². The third kappa shape index (κ3) is 4.88. The lowest BCUT2D eigenvalue weighted by atomic mass is 10.0. The van der Waals surface area contributed by atoms with Crippen LogP contribution in [0.1, 0.15) is 56.4 Å². The van der Waals surface area contributed by atoms with Crippen molar-refractivity contribution in [1.82, 2.24) is 4.31 Å². The minimum atomic E-state index is -4.15. The van der Waals surface area contributed by atoms with Crippen molar-refractivity contribution < 1.29 is 27.5 Å². The fourth-order valence-electron chi connectivity index (χ4n) is 4.56. The molecule has 8 nitrogen and oxygen atoms in total. The van der Waals surface area contributed by atoms with E-state index in [9.17, 15) is 22.8 Å². The third-order valence-electron chi connectivity index (χ3n) is 6.24. The van der Waals surface area contributed by atoms with Gasteiger partial charge < -0.3 is 4.74 Å². The summed E-state index contributed by atoms with van der Waals surface area (Å²) in [4.78, 5) is 38.9. The van der Waals surface area contributed by atoms with Gasteiger partial charge in [-0.2, -0.15) is 4.31 Å². The monoisotopic (exact) mass is 500 g/mol. The standard InChI is InChI=1S/C26H32N2O6S/c1-15-13-16(2)18(4)24(17(15)3)35(32,33)28(26(6,7)8)22-14-23(30)27(25(22)31)20-9-11-21(12-10-20)34-19(5)29/h9-13,22H,14H2,1-8H3. The number of benzene rings is 2. The highest BCUT2D eigenvalue weighted by Crippen LogP contribution is 2.37. The summed E-state index contributed by atoms with van der Waals surface area (Å²) in [6, 6.07) is 6.68. The molecule has 1 atom stereocenters. The molecule has 1 heterocycles. The lowest BCUT2D eigenvalue weighted by Crippen LogP contribution is -2.54. The van der Waals surface area contributed by atoms with Crippen molar-refractivity contribution in [3.63, 3.8) is 0 Å². The maximum atomic E-state index is 14.2. The number of nitrogens with zero attached hydrogens (tertiary/aromatic N) is 2. The normalized spacial score (nSPS) is 16.8. The second-order valence-electron chi connectivity index (χ2n) is 9.94. The molecule has 1 saturated heterocycles. The average Bonchev–Trinajstić information content (AvgIpc) is 2.99. The van der Waals surface area contributed by atoms with Crippen molar-refractivity contribution in [2.24, 2.45) is 0 Å². The van der Waals surface area contributed by atoms with Gasteiger partial charge in [0, 0.05) is 12.5 Å². The Bertz CT molecular complexity index is 1280. The first-order chi connectivity index (χ1) is 16.1. The molecule has 2 aromatic carbocycles. The average molecular weight is 501 g/mol. The molecule has 0 aromatic heterocycles. The van der Waals surface area contributed by atoms with E-state index in [0.717, 1.165) is 16.0 Å². The molecule has 0 spiro atoms. The van der Waals surface area contributed by atoms with Crippen LogP contribution in [0.15, 0.2) is 35.2 Å². The summed E-state index contributed by atoms with van der Waals surface area (Å²) >= 11 is 0. The molecule has 0 N–H and O–H groups in total. The van der Waals surface area contributed by atoms with E-state index in [1.165, 1.54) is 35.5 Å². The summed E-state index contributed by atoms with van der Waals surface area (Å²) in [5.74, 6) is -1.34. The van der Waals surface area contributed by atoms with Crippen LogP contribution >= 0.6 is 0 Å². The zero-order chi connectivity index (χ0) is 26.5. The van der Waals surface area contributed by atoms with E-state index < -0.39 is 39.4 Å². The number of carbonyl (C=O) groups is 3. The number of imide groups is 1. The number of carbonyl (C=O) groups excluding carboxylic acids is 3. The van der Waals surface area contributed by atoms with Crippen LogP contribution in [0.5, 0.6) is 5.75 Å². The Morgan fingerprint density at radius 1 is 1.00 bits per heavy atom. The Morgan fingerprint density at radius 3 is 1.97 bits per heavy atom. The number of esters is 1. The highest BCUT2D eigenvalue weighted by atomic mass is 32.2. The van der Waals surface area contributed by atoms with Crippen molar-refractivity contribution >= 4 is 33.5 Å². The molecule has 188 valence electrons. The highest BCUT2D eigenvalue weighted by Gasteiger charge is 2.51. The van der Waals surface area contributed by atoms with Gasteiger partial charge in [-0.1, -0.05) is 6.07 Å². The van der Waals surface area contributed by atoms with Gasteiger partial charge in [0.05, 0.1) is 17.0 Å². The molecule has 0 bridgehead atoms. The molecule has 1 unspecified atom stereocenters. The van der Waals surface area contributed by atoms with Gasteiger partial charge in [-0.3, -0.25) is 14.4 Å². The van der Waals surface area contributed by atoms with E-state index >= 15 is 0 Å². The quantitative estimate of drug-likeness (QED) is 0.350. The van der Waals surface area contributed by atoms with Crippen LogP contribution in [0.4, 0.5) is 5.69 Å². The minimum absolute atomic E-state index is 0.175. The first kappa shape index (κ1) is 26.6. The summed E-state index contributed by atoms with van der Waals surface area (Å²) in [6.45, 7) is 13.6. The third-order valence-corrected chi connectivity index (χ3v) is 8.69. The van der Waals surface area contributed by atoms with E-state index in [2.05, 4.69) is 0 Å². The molecular formula is C26H32N2O6S. The number of hydrogen-bond acceptors (Lipinski definition) is 6. The van der Waals surface area contributed by atoms with Gasteiger partial charge in [-0.15, -0.1) is 0 Å². The molecule has 0 radical (unpaired) electrons. The van der Waals surface area contributed by atoms with Gasteiger partial charge in [0.25, 0.3) is 5.91 Å². The molecule has 9 heteroatoms. The molecule has 3 rings (SSSR count). The van der Waals surface area contributed by atoms with Crippen molar-refractivity contribution in [3.8, 4) is 5.75 Å². The highest BCUT2D eigenvalue weighted by molar-refractivity contribution is 7.89. The SMILES string of the molecule is CC(=O)Oc1ccc(N2C(=O)CC(N(C(C)(C)C)S(=O)(=O)c3c(C)c(C)cc(C)c3C)C2=O)cc1. The number of ether oxygens (including phenoxy) is 1. The maximum absolute atomic E-state index is 14.2. The largest absolute Gasteiger partial charge is 0.427 e. The number of anilines is 1. The lowest BCUT2D eigenvalue weighted by Gasteiger charge is -2.38. The second-order valence-corrected chi connectivity index (χ2v) is 11.7. The van der Waals surface area contributed by atoms with Gasteiger partial charge in [-0.05, 0) is 95.0 Å². The molecule has 35 heavy (non-hydrogen) atoms. The molecule has 1 aliphatic rings. The lowest BCUT2D eigenvalue weighted by molar-refractivity contribution is -0.132. The minimum Gasteiger partial charge on any atom is -0.427 e. The van der Waals surface area contributed by atoms with Crippen LogP contribution in [0.25, 0.3) is 0 Å². The summed E-state index contributed by atoms with van der Waals surface area (Å²) in [6.07, 6.45) is -0.274.